The molecule has 0 aromatic carbocycles. The van der Waals surface area contributed by atoms with Crippen molar-refractivity contribution >= 4 is 9.84 Å². The van der Waals surface area contributed by atoms with Crippen LogP contribution in [0.5, 0.6) is 0 Å². The summed E-state index contributed by atoms with van der Waals surface area (Å²) in [6, 6.07) is 4.77. The monoisotopic (exact) mass is 265 g/mol. The number of nitrogens with zero attached hydrogens (tertiary/aromatic N) is 2. The highest BCUT2D eigenvalue weighted by Crippen LogP contribution is 2.17. The van der Waals surface area contributed by atoms with Crippen molar-refractivity contribution in [3.05, 3.63) is 23.9 Å². The summed E-state index contributed by atoms with van der Waals surface area (Å²) in [6.45, 7) is 1.69. The molecule has 0 aliphatic carbocycles. The van der Waals surface area contributed by atoms with Crippen LogP contribution in [0.1, 0.15) is 18.4 Å². The van der Waals surface area contributed by atoms with Crippen molar-refractivity contribution in [1.82, 2.24) is 10.3 Å². The first kappa shape index (κ1) is 13.0. The average Bonchev–Trinajstić information content (AvgIpc) is 2.39. The summed E-state index contributed by atoms with van der Waals surface area (Å²) in [5.41, 5.74) is 0.324. The molecule has 2 heterocycles. The maximum atomic E-state index is 12.2. The van der Waals surface area contributed by atoms with Crippen molar-refractivity contribution in [2.24, 2.45) is 5.92 Å². The highest BCUT2D eigenvalue weighted by molar-refractivity contribution is 7.91. The number of sulfone groups is 1. The van der Waals surface area contributed by atoms with Crippen molar-refractivity contribution in [3.63, 3.8) is 0 Å². The molecule has 0 amide bonds. The number of nitrogens with one attached hydrogen (secondary N) is 1. The van der Waals surface area contributed by atoms with Gasteiger partial charge in [0.15, 0.2) is 14.9 Å². The maximum Gasteiger partial charge on any atom is 0.195 e. The molecular weight excluding hydrogens is 250 g/mol. The second-order valence-corrected chi connectivity index (χ2v) is 6.47. The van der Waals surface area contributed by atoms with Crippen LogP contribution in [0.4, 0.5) is 0 Å². The Labute approximate surface area is 107 Å². The van der Waals surface area contributed by atoms with Gasteiger partial charge in [0.25, 0.3) is 0 Å². The third kappa shape index (κ3) is 3.06. The molecule has 0 unspecified atom stereocenters. The molecule has 0 bridgehead atoms. The van der Waals surface area contributed by atoms with Gasteiger partial charge in [-0.25, -0.2) is 13.4 Å². The van der Waals surface area contributed by atoms with Gasteiger partial charge in [-0.3, -0.25) is 0 Å². The van der Waals surface area contributed by atoms with Crippen LogP contribution in [-0.4, -0.2) is 32.2 Å². The van der Waals surface area contributed by atoms with E-state index in [2.05, 4.69) is 10.3 Å². The lowest BCUT2D eigenvalue weighted by Crippen LogP contribution is -2.34. The molecule has 2 rings (SSSR count). The first-order valence-electron chi connectivity index (χ1n) is 5.91. The number of piperidine rings is 1. The molecule has 1 aliphatic heterocycles. The van der Waals surface area contributed by atoms with E-state index in [1.165, 1.54) is 18.3 Å². The Kier molecular flexibility index (Phi) is 3.94. The Bertz CT molecular complexity index is 557. The molecule has 6 heteroatoms. The minimum Gasteiger partial charge on any atom is -0.316 e. The van der Waals surface area contributed by atoms with Crippen LogP contribution in [0.2, 0.25) is 0 Å². The van der Waals surface area contributed by atoms with Gasteiger partial charge in [0.2, 0.25) is 0 Å². The third-order valence-corrected chi connectivity index (χ3v) is 4.81. The number of hydrogen-bond acceptors (Lipinski definition) is 5. The largest absolute Gasteiger partial charge is 0.316 e. The Morgan fingerprint density at radius 1 is 1.56 bits per heavy atom. The summed E-state index contributed by atoms with van der Waals surface area (Å²) < 4.78 is 24.3. The molecule has 5 nitrogen and oxygen atoms in total. The number of hydrogen-bond donors (Lipinski definition) is 1. The van der Waals surface area contributed by atoms with Crippen molar-refractivity contribution in [1.29, 1.82) is 5.26 Å². The summed E-state index contributed by atoms with van der Waals surface area (Å²) in [5, 5.41) is 12.0. The highest BCUT2D eigenvalue weighted by atomic mass is 32.2. The van der Waals surface area contributed by atoms with E-state index in [9.17, 15) is 8.42 Å². The number of aromatic nitrogens is 1. The van der Waals surface area contributed by atoms with Gasteiger partial charge in [0.1, 0.15) is 0 Å². The van der Waals surface area contributed by atoms with E-state index in [0.29, 0.717) is 5.56 Å². The van der Waals surface area contributed by atoms with Gasteiger partial charge in [0, 0.05) is 6.20 Å². The number of nitriles is 1. The van der Waals surface area contributed by atoms with Crippen molar-refractivity contribution in [2.45, 2.75) is 17.9 Å². The second kappa shape index (κ2) is 5.46. The Morgan fingerprint density at radius 3 is 3.06 bits per heavy atom. The second-order valence-electron chi connectivity index (χ2n) is 4.49. The van der Waals surface area contributed by atoms with E-state index in [1.807, 2.05) is 6.07 Å². The molecule has 0 saturated carbocycles. The quantitative estimate of drug-likeness (QED) is 0.871. The zero-order chi connectivity index (χ0) is 13.0. The fraction of sp³-hybridized carbons (Fsp3) is 0.500. The van der Waals surface area contributed by atoms with E-state index >= 15 is 0 Å². The number of pyridine rings is 1. The van der Waals surface area contributed by atoms with E-state index in [1.54, 1.807) is 0 Å². The predicted octanol–water partition coefficient (Wildman–Crippen LogP) is 0.727. The summed E-state index contributed by atoms with van der Waals surface area (Å²) in [5.74, 6) is 0.235. The molecule has 1 aromatic rings. The molecule has 1 saturated heterocycles. The van der Waals surface area contributed by atoms with Crippen LogP contribution in [0.3, 0.4) is 0 Å². The molecular formula is C12H15N3O2S. The molecule has 1 N–H and O–H groups in total. The zero-order valence-corrected chi connectivity index (χ0v) is 10.8. The first-order valence-corrected chi connectivity index (χ1v) is 7.57. The zero-order valence-electron chi connectivity index (χ0n) is 9.96. The normalized spacial score (nSPS) is 20.3. The molecule has 1 atom stereocenters. The van der Waals surface area contributed by atoms with Crippen LogP contribution in [0, 0.1) is 17.2 Å². The summed E-state index contributed by atoms with van der Waals surface area (Å²) >= 11 is 0. The van der Waals surface area contributed by atoms with E-state index in [4.69, 9.17) is 5.26 Å². The molecule has 1 aromatic heterocycles. The smallest absolute Gasteiger partial charge is 0.195 e. The molecule has 96 valence electrons. The minimum atomic E-state index is -3.39. The SMILES string of the molecule is N#Cc1ccnc(S(=O)(=O)C[C@@H]2CCCNC2)c1. The lowest BCUT2D eigenvalue weighted by atomic mass is 10.0. The van der Waals surface area contributed by atoms with Crippen LogP contribution in [0.15, 0.2) is 23.4 Å². The topological polar surface area (TPSA) is 82.8 Å². The Morgan fingerprint density at radius 2 is 2.39 bits per heavy atom. The number of rotatable bonds is 3. The molecule has 1 fully saturated rings. The van der Waals surface area contributed by atoms with Gasteiger partial charge in [0.05, 0.1) is 17.4 Å². The predicted molar refractivity (Wildman–Crippen MR) is 66.6 cm³/mol. The van der Waals surface area contributed by atoms with Gasteiger partial charge < -0.3 is 5.32 Å². The minimum absolute atomic E-state index is 0.00660. The summed E-state index contributed by atoms with van der Waals surface area (Å²) in [7, 11) is -3.39. The lowest BCUT2D eigenvalue weighted by molar-refractivity contribution is 0.403. The highest BCUT2D eigenvalue weighted by Gasteiger charge is 2.24. The Hall–Kier alpha value is -1.45. The van der Waals surface area contributed by atoms with Crippen molar-refractivity contribution in [3.8, 4) is 6.07 Å². The maximum absolute atomic E-state index is 12.2. The molecule has 18 heavy (non-hydrogen) atoms. The lowest BCUT2D eigenvalue weighted by Gasteiger charge is -2.22. The van der Waals surface area contributed by atoms with Crippen LogP contribution in [0.25, 0.3) is 0 Å². The fourth-order valence-electron chi connectivity index (χ4n) is 2.11. The van der Waals surface area contributed by atoms with Crippen molar-refractivity contribution in [2.75, 3.05) is 18.8 Å². The first-order chi connectivity index (χ1) is 8.62. The molecule has 1 aliphatic rings. The van der Waals surface area contributed by atoms with Crippen LogP contribution < -0.4 is 5.32 Å². The molecule has 0 spiro atoms. The fourth-order valence-corrected chi connectivity index (χ4v) is 3.71. The van der Waals surface area contributed by atoms with Gasteiger partial charge in [-0.2, -0.15) is 5.26 Å². The van der Waals surface area contributed by atoms with Gasteiger partial charge >= 0.3 is 0 Å². The van der Waals surface area contributed by atoms with Gasteiger partial charge in [-0.15, -0.1) is 0 Å². The summed E-state index contributed by atoms with van der Waals surface area (Å²) in [4.78, 5) is 3.87. The van der Waals surface area contributed by atoms with Gasteiger partial charge in [-0.05, 0) is 44.0 Å². The van der Waals surface area contributed by atoms with E-state index < -0.39 is 9.84 Å². The standard InChI is InChI=1S/C12H15N3O2S/c13-7-10-3-5-15-12(6-10)18(16,17)9-11-2-1-4-14-8-11/h3,5-6,11,14H,1-2,4,8-9H2/t11-/m1/s1. The van der Waals surface area contributed by atoms with Crippen LogP contribution in [-0.2, 0) is 9.84 Å². The average molecular weight is 265 g/mol. The summed E-state index contributed by atoms with van der Waals surface area (Å²) in [6.07, 6.45) is 3.29. The van der Waals surface area contributed by atoms with Gasteiger partial charge in [-0.1, -0.05) is 0 Å². The van der Waals surface area contributed by atoms with Crippen LogP contribution >= 0.6 is 0 Å². The Balaban J connectivity index is 2.17. The molecule has 0 radical (unpaired) electrons. The van der Waals surface area contributed by atoms with E-state index in [-0.39, 0.29) is 16.7 Å². The van der Waals surface area contributed by atoms with E-state index in [0.717, 1.165) is 25.9 Å². The van der Waals surface area contributed by atoms with Crippen molar-refractivity contribution < 1.29 is 8.42 Å². The third-order valence-electron chi connectivity index (χ3n) is 3.04.